The number of carbonyl (C=O) groups excluding carboxylic acids is 1. The van der Waals surface area contributed by atoms with Gasteiger partial charge < -0.3 is 14.5 Å². The Balaban J connectivity index is 1.40. The van der Waals surface area contributed by atoms with Gasteiger partial charge in [-0.2, -0.15) is 5.10 Å². The highest BCUT2D eigenvalue weighted by atomic mass is 35.5. The van der Waals surface area contributed by atoms with Crippen molar-refractivity contribution in [2.75, 3.05) is 38.2 Å². The summed E-state index contributed by atoms with van der Waals surface area (Å²) >= 11 is 14.0. The standard InChI is InChI=1S/C20H21Cl2N5O2S/c1-13-18(22)19(20-23-5-10-30-20)24-27(13)12-17(28)26-8-6-25(7-9-26)14-3-4-15(21)16(11-14)29-2/h3-5,10-11H,6-9,12H2,1-2H3. The van der Waals surface area contributed by atoms with Crippen molar-refractivity contribution in [3.63, 3.8) is 0 Å². The first-order valence-electron chi connectivity index (χ1n) is 9.47. The van der Waals surface area contributed by atoms with Gasteiger partial charge >= 0.3 is 0 Å². The van der Waals surface area contributed by atoms with E-state index in [1.807, 2.05) is 35.4 Å². The summed E-state index contributed by atoms with van der Waals surface area (Å²) in [7, 11) is 1.60. The molecule has 1 aliphatic rings. The number of hydrogen-bond donors (Lipinski definition) is 0. The molecule has 1 aliphatic heterocycles. The fourth-order valence-electron chi connectivity index (χ4n) is 3.44. The molecule has 2 aromatic heterocycles. The van der Waals surface area contributed by atoms with Gasteiger partial charge in [-0.05, 0) is 19.1 Å². The number of carbonyl (C=O) groups is 1. The van der Waals surface area contributed by atoms with E-state index in [0.717, 1.165) is 29.5 Å². The topological polar surface area (TPSA) is 63.5 Å². The van der Waals surface area contributed by atoms with Gasteiger partial charge in [0.25, 0.3) is 0 Å². The normalized spacial score (nSPS) is 14.3. The van der Waals surface area contributed by atoms with Gasteiger partial charge in [0.15, 0.2) is 0 Å². The van der Waals surface area contributed by atoms with Crippen LogP contribution in [-0.4, -0.2) is 58.9 Å². The first-order chi connectivity index (χ1) is 14.5. The number of methoxy groups -OCH3 is 1. The van der Waals surface area contributed by atoms with Gasteiger partial charge in [-0.3, -0.25) is 9.48 Å². The molecule has 7 nitrogen and oxygen atoms in total. The van der Waals surface area contributed by atoms with Crippen LogP contribution >= 0.6 is 34.5 Å². The molecule has 0 unspecified atom stereocenters. The minimum Gasteiger partial charge on any atom is -0.495 e. The van der Waals surface area contributed by atoms with Crippen LogP contribution in [0.4, 0.5) is 5.69 Å². The fraction of sp³-hybridized carbons (Fsp3) is 0.350. The van der Waals surface area contributed by atoms with E-state index in [4.69, 9.17) is 27.9 Å². The van der Waals surface area contributed by atoms with Crippen LogP contribution in [0.3, 0.4) is 0 Å². The van der Waals surface area contributed by atoms with Crippen LogP contribution in [0.25, 0.3) is 10.7 Å². The second-order valence-electron chi connectivity index (χ2n) is 6.93. The molecule has 158 valence electrons. The number of anilines is 1. The minimum absolute atomic E-state index is 0.0243. The van der Waals surface area contributed by atoms with Gasteiger partial charge in [0.05, 0.1) is 22.8 Å². The van der Waals surface area contributed by atoms with Gasteiger partial charge in [-0.25, -0.2) is 4.98 Å². The Labute approximate surface area is 188 Å². The van der Waals surface area contributed by atoms with Crippen molar-refractivity contribution in [3.8, 4) is 16.5 Å². The molecule has 0 N–H and O–H groups in total. The molecule has 4 rings (SSSR count). The molecule has 0 aliphatic carbocycles. The van der Waals surface area contributed by atoms with Crippen molar-refractivity contribution in [1.82, 2.24) is 19.7 Å². The molecule has 30 heavy (non-hydrogen) atoms. The number of piperazine rings is 1. The van der Waals surface area contributed by atoms with Crippen LogP contribution in [0.15, 0.2) is 29.8 Å². The zero-order valence-electron chi connectivity index (χ0n) is 16.6. The van der Waals surface area contributed by atoms with E-state index < -0.39 is 0 Å². The van der Waals surface area contributed by atoms with Crippen molar-refractivity contribution < 1.29 is 9.53 Å². The molecule has 1 amide bonds. The third-order valence-corrected chi connectivity index (χ3v) is 6.73. The summed E-state index contributed by atoms with van der Waals surface area (Å²) in [5.41, 5.74) is 2.42. The summed E-state index contributed by atoms with van der Waals surface area (Å²) in [6, 6.07) is 5.73. The highest BCUT2D eigenvalue weighted by molar-refractivity contribution is 7.13. The summed E-state index contributed by atoms with van der Waals surface area (Å²) < 4.78 is 6.97. The van der Waals surface area contributed by atoms with Crippen LogP contribution in [0, 0.1) is 6.92 Å². The predicted molar refractivity (Wildman–Crippen MR) is 120 cm³/mol. The Morgan fingerprint density at radius 2 is 2.00 bits per heavy atom. The molecule has 3 heterocycles. The third kappa shape index (κ3) is 4.12. The first-order valence-corrected chi connectivity index (χ1v) is 11.1. The van der Waals surface area contributed by atoms with Crippen molar-refractivity contribution >= 4 is 46.1 Å². The zero-order chi connectivity index (χ0) is 21.3. The highest BCUT2D eigenvalue weighted by Crippen LogP contribution is 2.31. The van der Waals surface area contributed by atoms with Gasteiger partial charge in [-0.1, -0.05) is 23.2 Å². The Hall–Kier alpha value is -2.29. The van der Waals surface area contributed by atoms with E-state index in [2.05, 4.69) is 15.0 Å². The number of thiazole rings is 1. The SMILES string of the molecule is COc1cc(N2CCN(C(=O)Cn3nc(-c4nccs4)c(Cl)c3C)CC2)ccc1Cl. The number of nitrogens with zero attached hydrogens (tertiary/aromatic N) is 5. The molecule has 1 aromatic carbocycles. The van der Waals surface area contributed by atoms with E-state index in [-0.39, 0.29) is 12.5 Å². The maximum absolute atomic E-state index is 12.9. The van der Waals surface area contributed by atoms with Crippen molar-refractivity contribution in [2.24, 2.45) is 0 Å². The molecule has 0 saturated carbocycles. The lowest BCUT2D eigenvalue weighted by molar-refractivity contribution is -0.132. The minimum atomic E-state index is 0.0243. The van der Waals surface area contributed by atoms with E-state index >= 15 is 0 Å². The highest BCUT2D eigenvalue weighted by Gasteiger charge is 2.24. The average Bonchev–Trinajstić information content (AvgIpc) is 3.38. The second kappa shape index (κ2) is 8.83. The van der Waals surface area contributed by atoms with Crippen LogP contribution in [0.1, 0.15) is 5.69 Å². The molecule has 3 aromatic rings. The molecule has 1 saturated heterocycles. The quantitative estimate of drug-likeness (QED) is 0.569. The maximum atomic E-state index is 12.9. The summed E-state index contributed by atoms with van der Waals surface area (Å²) in [6.07, 6.45) is 1.71. The maximum Gasteiger partial charge on any atom is 0.244 e. The Morgan fingerprint density at radius 1 is 1.23 bits per heavy atom. The first kappa shape index (κ1) is 21.0. The lowest BCUT2D eigenvalue weighted by Gasteiger charge is -2.36. The zero-order valence-corrected chi connectivity index (χ0v) is 19.0. The Morgan fingerprint density at radius 3 is 2.67 bits per heavy atom. The van der Waals surface area contributed by atoms with Crippen molar-refractivity contribution in [1.29, 1.82) is 0 Å². The summed E-state index contributed by atoms with van der Waals surface area (Å²) in [4.78, 5) is 21.2. The monoisotopic (exact) mass is 465 g/mol. The van der Waals surface area contributed by atoms with Gasteiger partial charge in [0.1, 0.15) is 23.0 Å². The summed E-state index contributed by atoms with van der Waals surface area (Å²) in [6.45, 7) is 4.77. The molecule has 0 atom stereocenters. The molecule has 0 bridgehead atoms. The van der Waals surface area contributed by atoms with Gasteiger partial charge in [0.2, 0.25) is 5.91 Å². The fourth-order valence-corrected chi connectivity index (χ4v) is 4.55. The van der Waals surface area contributed by atoms with Crippen LogP contribution < -0.4 is 9.64 Å². The third-order valence-electron chi connectivity index (χ3n) is 5.19. The number of ether oxygens (including phenoxy) is 1. The number of rotatable bonds is 5. The van der Waals surface area contributed by atoms with E-state index in [1.54, 1.807) is 18.0 Å². The number of benzene rings is 1. The number of halogens is 2. The molecule has 0 spiro atoms. The molecule has 0 radical (unpaired) electrons. The van der Waals surface area contributed by atoms with Crippen LogP contribution in [0.2, 0.25) is 10.0 Å². The van der Waals surface area contributed by atoms with Crippen molar-refractivity contribution in [3.05, 3.63) is 45.5 Å². The molecule has 1 fully saturated rings. The second-order valence-corrected chi connectivity index (χ2v) is 8.61. The van der Waals surface area contributed by atoms with Crippen LogP contribution in [-0.2, 0) is 11.3 Å². The average molecular weight is 466 g/mol. The molecular weight excluding hydrogens is 445 g/mol. The largest absolute Gasteiger partial charge is 0.495 e. The Bertz CT molecular complexity index is 1050. The molecular formula is C20H21Cl2N5O2S. The lowest BCUT2D eigenvalue weighted by atomic mass is 10.2. The van der Waals surface area contributed by atoms with Gasteiger partial charge in [0, 0.05) is 49.5 Å². The summed E-state index contributed by atoms with van der Waals surface area (Å²) in [5.74, 6) is 0.672. The number of aromatic nitrogens is 3. The van der Waals surface area contributed by atoms with E-state index in [0.29, 0.717) is 34.6 Å². The van der Waals surface area contributed by atoms with E-state index in [1.165, 1.54) is 11.3 Å². The van der Waals surface area contributed by atoms with E-state index in [9.17, 15) is 4.79 Å². The number of hydrogen-bond acceptors (Lipinski definition) is 6. The smallest absolute Gasteiger partial charge is 0.244 e. The van der Waals surface area contributed by atoms with Crippen LogP contribution in [0.5, 0.6) is 5.75 Å². The summed E-state index contributed by atoms with van der Waals surface area (Å²) in [5, 5.41) is 8.28. The lowest BCUT2D eigenvalue weighted by Crippen LogP contribution is -2.49. The Kier molecular flexibility index (Phi) is 6.17. The number of amides is 1. The predicted octanol–water partition coefficient (Wildman–Crippen LogP) is 3.98. The van der Waals surface area contributed by atoms with Gasteiger partial charge in [-0.15, -0.1) is 11.3 Å². The van der Waals surface area contributed by atoms with Crippen molar-refractivity contribution in [2.45, 2.75) is 13.5 Å². The molecule has 10 heteroatoms.